The molecule has 7 heteroatoms. The van der Waals surface area contributed by atoms with Gasteiger partial charge in [0.15, 0.2) is 0 Å². The minimum absolute atomic E-state index is 0.176. The van der Waals surface area contributed by atoms with Gasteiger partial charge in [-0.15, -0.1) is 0 Å². The second kappa shape index (κ2) is 7.50. The molecule has 0 aliphatic carbocycles. The van der Waals surface area contributed by atoms with Crippen LogP contribution in [-0.4, -0.2) is 14.8 Å². The van der Waals surface area contributed by atoms with Gasteiger partial charge >= 0.3 is 0 Å². The Labute approximate surface area is 198 Å². The van der Waals surface area contributed by atoms with E-state index < -0.39 is 0 Å². The molecule has 0 unspecified atom stereocenters. The summed E-state index contributed by atoms with van der Waals surface area (Å²) in [5, 5.41) is 8.72. The van der Waals surface area contributed by atoms with Gasteiger partial charge in [0.2, 0.25) is 5.95 Å². The molecule has 0 saturated carbocycles. The van der Waals surface area contributed by atoms with E-state index >= 15 is 0 Å². The van der Waals surface area contributed by atoms with Gasteiger partial charge in [-0.25, -0.2) is 4.68 Å². The molecule has 32 heavy (non-hydrogen) atoms. The minimum atomic E-state index is -0.303. The van der Waals surface area contributed by atoms with Crippen LogP contribution in [-0.2, 0) is 0 Å². The molecule has 5 nitrogen and oxygen atoms in total. The molecule has 0 amide bonds. The van der Waals surface area contributed by atoms with Crippen LogP contribution in [0.4, 0.5) is 5.95 Å². The molecule has 0 fully saturated rings. The highest BCUT2D eigenvalue weighted by molar-refractivity contribution is 9.10. The van der Waals surface area contributed by atoms with E-state index in [1.807, 2.05) is 35.0 Å². The maximum Gasteiger partial charge on any atom is 0.226 e. The maximum atomic E-state index is 6.62. The van der Waals surface area contributed by atoms with Crippen LogP contribution in [0, 0.1) is 6.92 Å². The van der Waals surface area contributed by atoms with Crippen molar-refractivity contribution in [3.8, 4) is 5.75 Å². The predicted molar refractivity (Wildman–Crippen MR) is 129 cm³/mol. The van der Waals surface area contributed by atoms with Crippen molar-refractivity contribution in [2.75, 3.05) is 5.32 Å². The monoisotopic (exact) mass is 504 g/mol. The summed E-state index contributed by atoms with van der Waals surface area (Å²) in [6.45, 7) is 2.09. The SMILES string of the molecule is Cc1ccc([C@H]2C3=C(Nc4ncnn42)c2cc(Cl)ccc2O[C@H]3c2ccc(Br)cc2)cc1. The number of aromatic nitrogens is 3. The summed E-state index contributed by atoms with van der Waals surface area (Å²) in [6, 6.07) is 22.3. The van der Waals surface area contributed by atoms with Crippen LogP contribution < -0.4 is 10.1 Å². The van der Waals surface area contributed by atoms with E-state index in [2.05, 4.69) is 74.7 Å². The lowest BCUT2D eigenvalue weighted by Crippen LogP contribution is -2.32. The van der Waals surface area contributed by atoms with E-state index in [0.717, 1.165) is 38.2 Å². The molecule has 6 rings (SSSR count). The minimum Gasteiger partial charge on any atom is -0.480 e. The fourth-order valence-corrected chi connectivity index (χ4v) is 4.86. The molecule has 2 atom stereocenters. The number of anilines is 1. The normalized spacial score (nSPS) is 18.8. The van der Waals surface area contributed by atoms with Crippen LogP contribution in [0.2, 0.25) is 5.02 Å². The van der Waals surface area contributed by atoms with Crippen LogP contribution in [0.25, 0.3) is 5.70 Å². The van der Waals surface area contributed by atoms with E-state index in [1.165, 1.54) is 5.56 Å². The zero-order valence-electron chi connectivity index (χ0n) is 17.1. The van der Waals surface area contributed by atoms with Gasteiger partial charge in [0, 0.05) is 20.6 Å². The predicted octanol–water partition coefficient (Wildman–Crippen LogP) is 6.56. The van der Waals surface area contributed by atoms with Crippen LogP contribution >= 0.6 is 27.5 Å². The Bertz CT molecular complexity index is 1360. The molecule has 0 saturated heterocycles. The summed E-state index contributed by atoms with van der Waals surface area (Å²) in [7, 11) is 0. The lowest BCUT2D eigenvalue weighted by molar-refractivity contribution is 0.223. The van der Waals surface area contributed by atoms with Gasteiger partial charge < -0.3 is 10.1 Å². The lowest BCUT2D eigenvalue weighted by atomic mass is 9.84. The standard InChI is InChI=1S/C25H18BrClN4O/c1-14-2-4-15(5-3-14)23-21-22(30-25-28-13-29-31(23)25)19-12-18(27)10-11-20(19)32-24(21)16-6-8-17(26)9-7-16/h2-13,23-24H,1H3,(H,28,29,30)/t23-,24-/m0/s1. The third-order valence-corrected chi connectivity index (χ3v) is 6.71. The number of nitrogens with one attached hydrogen (secondary N) is 1. The van der Waals surface area contributed by atoms with Crippen LogP contribution in [0.1, 0.15) is 34.4 Å². The number of halogens is 2. The second-order valence-electron chi connectivity index (χ2n) is 7.99. The number of hydrogen-bond acceptors (Lipinski definition) is 4. The molecule has 1 N–H and O–H groups in total. The Kier molecular flexibility index (Phi) is 4.59. The topological polar surface area (TPSA) is 52.0 Å². The smallest absolute Gasteiger partial charge is 0.226 e. The Hall–Kier alpha value is -3.09. The van der Waals surface area contributed by atoms with Gasteiger partial charge in [0.05, 0.1) is 5.70 Å². The summed E-state index contributed by atoms with van der Waals surface area (Å²) in [6.07, 6.45) is 1.28. The first-order valence-electron chi connectivity index (χ1n) is 10.3. The Morgan fingerprint density at radius 2 is 1.75 bits per heavy atom. The van der Waals surface area contributed by atoms with Crippen molar-refractivity contribution >= 4 is 39.2 Å². The van der Waals surface area contributed by atoms with Crippen molar-refractivity contribution in [1.82, 2.24) is 14.8 Å². The number of hydrogen-bond donors (Lipinski definition) is 1. The van der Waals surface area contributed by atoms with E-state index in [4.69, 9.17) is 16.3 Å². The van der Waals surface area contributed by atoms with Crippen molar-refractivity contribution in [3.05, 3.63) is 110 Å². The molecule has 2 aliphatic heterocycles. The molecule has 3 aromatic carbocycles. The van der Waals surface area contributed by atoms with Crippen molar-refractivity contribution in [2.24, 2.45) is 0 Å². The number of aryl methyl sites for hydroxylation is 1. The summed E-state index contributed by atoms with van der Waals surface area (Å²) in [5.74, 6) is 1.47. The number of nitrogens with zero attached hydrogens (tertiary/aromatic N) is 3. The van der Waals surface area contributed by atoms with Gasteiger partial charge in [-0.3, -0.25) is 0 Å². The van der Waals surface area contributed by atoms with Gasteiger partial charge in [0.25, 0.3) is 0 Å². The first kappa shape index (κ1) is 19.6. The molecule has 0 spiro atoms. The molecule has 0 bridgehead atoms. The van der Waals surface area contributed by atoms with Gasteiger partial charge in [-0.1, -0.05) is 69.5 Å². The zero-order valence-corrected chi connectivity index (χ0v) is 19.4. The van der Waals surface area contributed by atoms with E-state index in [0.29, 0.717) is 11.0 Å². The third kappa shape index (κ3) is 3.14. The Morgan fingerprint density at radius 1 is 1.00 bits per heavy atom. The number of benzene rings is 3. The molecule has 158 valence electrons. The van der Waals surface area contributed by atoms with E-state index in [1.54, 1.807) is 6.33 Å². The van der Waals surface area contributed by atoms with Crippen molar-refractivity contribution in [2.45, 2.75) is 19.1 Å². The molecule has 1 aromatic heterocycles. The molecule has 0 radical (unpaired) electrons. The van der Waals surface area contributed by atoms with Crippen LogP contribution in [0.3, 0.4) is 0 Å². The number of fused-ring (bicyclic) bond motifs is 3. The summed E-state index contributed by atoms with van der Waals surface area (Å²) < 4.78 is 9.56. The van der Waals surface area contributed by atoms with Crippen LogP contribution in [0.5, 0.6) is 5.75 Å². The fraction of sp³-hybridized carbons (Fsp3) is 0.120. The molecular formula is C25H18BrClN4O. The van der Waals surface area contributed by atoms with Crippen molar-refractivity contribution < 1.29 is 4.74 Å². The molecule has 3 heterocycles. The Morgan fingerprint density at radius 3 is 2.53 bits per heavy atom. The third-order valence-electron chi connectivity index (χ3n) is 5.94. The van der Waals surface area contributed by atoms with Crippen molar-refractivity contribution in [1.29, 1.82) is 0 Å². The highest BCUT2D eigenvalue weighted by Gasteiger charge is 2.40. The summed E-state index contributed by atoms with van der Waals surface area (Å²) in [4.78, 5) is 4.47. The summed E-state index contributed by atoms with van der Waals surface area (Å²) in [5.41, 5.74) is 6.34. The highest BCUT2D eigenvalue weighted by Crippen LogP contribution is 2.51. The quantitative estimate of drug-likeness (QED) is 0.335. The molecule has 4 aromatic rings. The maximum absolute atomic E-state index is 6.62. The fourth-order valence-electron chi connectivity index (χ4n) is 4.42. The van der Waals surface area contributed by atoms with Gasteiger partial charge in [-0.05, 0) is 48.4 Å². The lowest BCUT2D eigenvalue weighted by Gasteiger charge is -2.39. The first-order chi connectivity index (χ1) is 15.6. The van der Waals surface area contributed by atoms with Gasteiger partial charge in [-0.2, -0.15) is 10.1 Å². The zero-order chi connectivity index (χ0) is 21.8. The number of ether oxygens (including phenoxy) is 1. The van der Waals surface area contributed by atoms with Crippen molar-refractivity contribution in [3.63, 3.8) is 0 Å². The second-order valence-corrected chi connectivity index (χ2v) is 9.34. The van der Waals surface area contributed by atoms with E-state index in [-0.39, 0.29) is 12.1 Å². The van der Waals surface area contributed by atoms with Gasteiger partial charge in [0.1, 0.15) is 24.2 Å². The summed E-state index contributed by atoms with van der Waals surface area (Å²) >= 11 is 9.93. The van der Waals surface area contributed by atoms with E-state index in [9.17, 15) is 0 Å². The number of rotatable bonds is 2. The average Bonchev–Trinajstić information content (AvgIpc) is 3.27. The average molecular weight is 506 g/mol. The largest absolute Gasteiger partial charge is 0.480 e. The first-order valence-corrected chi connectivity index (χ1v) is 11.4. The Balaban J connectivity index is 1.63. The molecular weight excluding hydrogens is 488 g/mol. The molecule has 2 aliphatic rings. The van der Waals surface area contributed by atoms with Crippen LogP contribution in [0.15, 0.2) is 83.1 Å². The highest BCUT2D eigenvalue weighted by atomic mass is 79.9.